The van der Waals surface area contributed by atoms with Gasteiger partial charge in [0.1, 0.15) is 10.5 Å². The van der Waals surface area contributed by atoms with Gasteiger partial charge in [-0.3, -0.25) is 4.79 Å². The highest BCUT2D eigenvalue weighted by Gasteiger charge is 2.55. The number of aliphatic hydroxyl groups is 1. The predicted octanol–water partition coefficient (Wildman–Crippen LogP) is 1.44. The number of hydrogen-bond acceptors (Lipinski definition) is 5. The topological polar surface area (TPSA) is 135 Å². The van der Waals surface area contributed by atoms with E-state index in [1.165, 1.54) is 48.5 Å². The van der Waals surface area contributed by atoms with Gasteiger partial charge in [-0.05, 0) is 18.2 Å². The van der Waals surface area contributed by atoms with Crippen LogP contribution in [0.2, 0.25) is 0 Å². The van der Waals surface area contributed by atoms with E-state index >= 15 is 0 Å². The van der Waals surface area contributed by atoms with Crippen molar-refractivity contribution < 1.29 is 28.2 Å². The number of hydrogen-bond donors (Lipinski definition) is 3. The Bertz CT molecular complexity index is 1090. The molecule has 9 heteroatoms. The second kappa shape index (κ2) is 5.68. The first kappa shape index (κ1) is 17.6. The molecule has 0 fully saturated rings. The zero-order valence-corrected chi connectivity index (χ0v) is 14.4. The molecule has 1 heterocycles. The Hall–Kier alpha value is -3.17. The number of fused-ring (bicyclic) bond motifs is 1. The number of likely N-dealkylation sites (N-methyl/N-ethyl adjacent to an activating group) is 1. The van der Waals surface area contributed by atoms with Crippen LogP contribution in [0.1, 0.15) is 15.9 Å². The summed E-state index contributed by atoms with van der Waals surface area (Å²) in [5.74, 6) is -3.16. The molecule has 0 spiro atoms. The number of aliphatic hydroxyl groups excluding tert-OH is 1. The number of aromatic carboxylic acids is 1. The molecule has 0 radical (unpaired) electrons. The maximum Gasteiger partial charge on any atom is 0.341 e. The highest BCUT2D eigenvalue weighted by molar-refractivity contribution is 7.91. The lowest BCUT2D eigenvalue weighted by atomic mass is 10.1. The third-order valence-corrected chi connectivity index (χ3v) is 6.63. The van der Waals surface area contributed by atoms with Gasteiger partial charge in [-0.2, -0.15) is 8.42 Å². The normalized spacial score (nSPS) is 21.1. The summed E-state index contributed by atoms with van der Waals surface area (Å²) in [5, 5.41) is 20.1. The summed E-state index contributed by atoms with van der Waals surface area (Å²) in [6.07, 6.45) is 0. The lowest BCUT2D eigenvalue weighted by Crippen LogP contribution is -2.55. The van der Waals surface area contributed by atoms with Crippen LogP contribution in [0.4, 0.5) is 5.69 Å². The van der Waals surface area contributed by atoms with E-state index in [1.807, 2.05) is 0 Å². The van der Waals surface area contributed by atoms with Crippen LogP contribution in [0, 0.1) is 0 Å². The summed E-state index contributed by atoms with van der Waals surface area (Å²) in [5.41, 5.74) is 4.16. The fourth-order valence-electron chi connectivity index (χ4n) is 3.14. The fourth-order valence-corrected chi connectivity index (χ4v) is 5.06. The van der Waals surface area contributed by atoms with Crippen LogP contribution >= 0.6 is 0 Å². The van der Waals surface area contributed by atoms with Gasteiger partial charge in [-0.1, -0.05) is 24.3 Å². The third kappa shape index (κ3) is 2.14. The molecule has 134 valence electrons. The Morgan fingerprint density at radius 1 is 1.04 bits per heavy atom. The van der Waals surface area contributed by atoms with Crippen molar-refractivity contribution in [3.63, 3.8) is 0 Å². The molecule has 0 bridgehead atoms. The first-order valence-corrected chi connectivity index (χ1v) is 8.85. The molecule has 2 aromatic carbocycles. The Kier molecular flexibility index (Phi) is 3.86. The van der Waals surface area contributed by atoms with Gasteiger partial charge in [0.2, 0.25) is 0 Å². The number of para-hydroxylation sites is 1. The van der Waals surface area contributed by atoms with Gasteiger partial charge in [0.15, 0.2) is 11.4 Å². The van der Waals surface area contributed by atoms with Crippen molar-refractivity contribution in [2.75, 3.05) is 7.05 Å². The first-order chi connectivity index (χ1) is 12.1. The highest BCUT2D eigenvalue weighted by Crippen LogP contribution is 2.44. The van der Waals surface area contributed by atoms with E-state index < -0.39 is 37.2 Å². The summed E-state index contributed by atoms with van der Waals surface area (Å²) in [6.45, 7) is 0. The number of carboxylic acids is 1. The van der Waals surface area contributed by atoms with Gasteiger partial charge in [0.05, 0.1) is 7.05 Å². The molecule has 26 heavy (non-hydrogen) atoms. The fraction of sp³-hybridized carbons (Fsp3) is 0.0588. The van der Waals surface area contributed by atoms with Crippen molar-refractivity contribution in [2.24, 2.45) is 5.73 Å². The van der Waals surface area contributed by atoms with Crippen LogP contribution in [-0.4, -0.2) is 37.6 Å². The minimum atomic E-state index is -4.36. The molecular weight excluding hydrogens is 360 g/mol. The summed E-state index contributed by atoms with van der Waals surface area (Å²) in [4.78, 5) is 23.5. The van der Waals surface area contributed by atoms with Crippen LogP contribution in [0.5, 0.6) is 0 Å². The average molecular weight is 375 g/mol. The molecule has 1 unspecified atom stereocenters. The van der Waals surface area contributed by atoms with E-state index in [0.717, 1.165) is 7.05 Å². The molecule has 1 atom stereocenters. The van der Waals surface area contributed by atoms with Crippen molar-refractivity contribution in [1.82, 2.24) is 3.89 Å². The van der Waals surface area contributed by atoms with Gasteiger partial charge in [-0.25, -0.2) is 4.79 Å². The number of nitrogens with two attached hydrogens (primary N) is 1. The molecule has 4 N–H and O–H groups in total. The van der Waals surface area contributed by atoms with E-state index in [2.05, 4.69) is 0 Å². The van der Waals surface area contributed by atoms with E-state index in [-0.39, 0.29) is 21.7 Å². The Morgan fingerprint density at radius 3 is 2.23 bits per heavy atom. The standard InChI is InChI=1S/C17H14N2O6S/c1-19(12-8-4-2-6-10(12)17(22)23)14(16(18)21)15(20)11-7-3-5-9-13(11)26(19,24)25/h2-9H,1H3,(H3-,18,20,21,22,23)/p+1. The van der Waals surface area contributed by atoms with Gasteiger partial charge in [-0.15, -0.1) is 3.89 Å². The van der Waals surface area contributed by atoms with Crippen LogP contribution in [0.15, 0.2) is 59.1 Å². The largest absolute Gasteiger partial charge is 0.502 e. The zero-order valence-electron chi connectivity index (χ0n) is 13.6. The number of carbonyl (C=O) groups is 2. The molecule has 0 aromatic heterocycles. The highest BCUT2D eigenvalue weighted by atomic mass is 32.2. The molecule has 1 amide bonds. The Balaban J connectivity index is 2.53. The molecule has 3 rings (SSSR count). The van der Waals surface area contributed by atoms with Crippen molar-refractivity contribution in [2.45, 2.75) is 4.90 Å². The van der Waals surface area contributed by atoms with E-state index in [9.17, 15) is 28.2 Å². The van der Waals surface area contributed by atoms with E-state index in [4.69, 9.17) is 5.73 Å². The SMILES string of the molecule is C[N+]1(c2ccccc2C(=O)O)C(C(N)=O)=C(O)c2ccccc2S1(=O)=O. The number of primary amides is 1. The number of carbonyl (C=O) groups excluding carboxylic acids is 1. The first-order valence-electron chi connectivity index (χ1n) is 7.41. The molecule has 0 saturated heterocycles. The van der Waals surface area contributed by atoms with Crippen LogP contribution < -0.4 is 9.62 Å². The summed E-state index contributed by atoms with van der Waals surface area (Å²) in [6, 6.07) is 10.9. The number of rotatable bonds is 3. The molecule has 2 aromatic rings. The molecule has 0 aliphatic carbocycles. The number of carboxylic acid groups (broad SMARTS) is 1. The van der Waals surface area contributed by atoms with Gasteiger partial charge in [0.25, 0.3) is 5.70 Å². The smallest absolute Gasteiger partial charge is 0.341 e. The van der Waals surface area contributed by atoms with Crippen LogP contribution in [0.3, 0.4) is 0 Å². The average Bonchev–Trinajstić information content (AvgIpc) is 2.60. The van der Waals surface area contributed by atoms with Gasteiger partial charge in [0, 0.05) is 11.6 Å². The van der Waals surface area contributed by atoms with Crippen molar-refractivity contribution >= 4 is 33.3 Å². The summed E-state index contributed by atoms with van der Waals surface area (Å²) >= 11 is 0. The minimum absolute atomic E-state index is 0.0651. The lowest BCUT2D eigenvalue weighted by Gasteiger charge is -2.36. The molecule has 1 aliphatic heterocycles. The monoisotopic (exact) mass is 375 g/mol. The molecule has 0 saturated carbocycles. The number of sulfonamides is 1. The Labute approximate surface area is 149 Å². The molecular formula is C17H15N2O6S+. The van der Waals surface area contributed by atoms with E-state index in [0.29, 0.717) is 0 Å². The number of quaternary nitrogens is 1. The maximum atomic E-state index is 13.4. The second-order valence-corrected chi connectivity index (χ2v) is 7.90. The predicted molar refractivity (Wildman–Crippen MR) is 93.5 cm³/mol. The van der Waals surface area contributed by atoms with Crippen molar-refractivity contribution in [3.05, 3.63) is 65.4 Å². The van der Waals surface area contributed by atoms with Gasteiger partial charge >= 0.3 is 21.9 Å². The quantitative estimate of drug-likeness (QED) is 0.695. The van der Waals surface area contributed by atoms with E-state index in [1.54, 1.807) is 0 Å². The molecule has 8 nitrogen and oxygen atoms in total. The van der Waals surface area contributed by atoms with Crippen LogP contribution in [-0.2, 0) is 14.8 Å². The summed E-state index contributed by atoms with van der Waals surface area (Å²) < 4.78 is 25.5. The number of benzene rings is 2. The van der Waals surface area contributed by atoms with Gasteiger partial charge < -0.3 is 15.9 Å². The van der Waals surface area contributed by atoms with Crippen molar-refractivity contribution in [1.29, 1.82) is 0 Å². The second-order valence-electron chi connectivity index (χ2n) is 5.78. The molecule has 1 aliphatic rings. The lowest BCUT2D eigenvalue weighted by molar-refractivity contribution is -0.115. The van der Waals surface area contributed by atoms with Crippen molar-refractivity contribution in [3.8, 4) is 0 Å². The zero-order chi connectivity index (χ0) is 19.3. The number of nitrogens with zero attached hydrogens (tertiary/aromatic N) is 1. The maximum absolute atomic E-state index is 13.4. The number of amides is 1. The summed E-state index contributed by atoms with van der Waals surface area (Å²) in [7, 11) is -3.25. The minimum Gasteiger partial charge on any atom is -0.502 e. The third-order valence-electron chi connectivity index (χ3n) is 4.38. The Morgan fingerprint density at radius 2 is 1.62 bits per heavy atom. The van der Waals surface area contributed by atoms with Crippen LogP contribution in [0.25, 0.3) is 5.76 Å².